The Bertz CT molecular complexity index is 880. The van der Waals surface area contributed by atoms with Crippen LogP contribution in [0, 0.1) is 5.92 Å². The number of para-hydroxylation sites is 1. The van der Waals surface area contributed by atoms with Crippen molar-refractivity contribution in [1.29, 1.82) is 0 Å². The second-order valence-electron chi connectivity index (χ2n) is 8.41. The Morgan fingerprint density at radius 1 is 1.37 bits per heavy atom. The van der Waals surface area contributed by atoms with Crippen LogP contribution in [0.5, 0.6) is 0 Å². The third-order valence-corrected chi connectivity index (χ3v) is 6.78. The molecule has 8 heteroatoms. The van der Waals surface area contributed by atoms with Gasteiger partial charge in [-0.3, -0.25) is 9.69 Å². The van der Waals surface area contributed by atoms with Crippen molar-refractivity contribution in [3.05, 3.63) is 40.2 Å². The summed E-state index contributed by atoms with van der Waals surface area (Å²) in [6, 6.07) is 6.65. The number of benzene rings is 1. The van der Waals surface area contributed by atoms with E-state index in [2.05, 4.69) is 30.0 Å². The zero-order valence-electron chi connectivity index (χ0n) is 17.8. The predicted octanol–water partition coefficient (Wildman–Crippen LogP) is 2.40. The number of nitrogens with zero attached hydrogens (tertiary/aromatic N) is 4. The summed E-state index contributed by atoms with van der Waals surface area (Å²) in [4.78, 5) is 20.4. The van der Waals surface area contributed by atoms with Crippen molar-refractivity contribution in [2.24, 2.45) is 11.7 Å². The second kappa shape index (κ2) is 9.41. The van der Waals surface area contributed by atoms with E-state index in [1.165, 1.54) is 28.3 Å². The lowest BCUT2D eigenvalue weighted by molar-refractivity contribution is -0.118. The van der Waals surface area contributed by atoms with E-state index >= 15 is 0 Å². The van der Waals surface area contributed by atoms with E-state index in [1.807, 2.05) is 11.9 Å². The third-order valence-electron chi connectivity index (χ3n) is 6.07. The number of carbonyl (C=O) groups excluding carboxylic acids is 1. The first-order chi connectivity index (χ1) is 14.5. The molecule has 1 fully saturated rings. The number of likely N-dealkylation sites (N-methyl/N-ethyl adjacent to an activating group) is 1. The average Bonchev–Trinajstić information content (AvgIpc) is 3.33. The fourth-order valence-electron chi connectivity index (χ4n) is 4.63. The van der Waals surface area contributed by atoms with Gasteiger partial charge < -0.3 is 15.4 Å². The van der Waals surface area contributed by atoms with Crippen LogP contribution >= 0.6 is 11.5 Å². The minimum Gasteiger partial charge on any atom is -0.381 e. The predicted molar refractivity (Wildman–Crippen MR) is 119 cm³/mol. The molecule has 3 heterocycles. The number of anilines is 1. The van der Waals surface area contributed by atoms with E-state index in [0.29, 0.717) is 12.5 Å². The van der Waals surface area contributed by atoms with Crippen LogP contribution in [0.1, 0.15) is 47.6 Å². The Kier molecular flexibility index (Phi) is 6.65. The quantitative estimate of drug-likeness (QED) is 0.694. The van der Waals surface area contributed by atoms with Crippen molar-refractivity contribution >= 4 is 23.1 Å². The molecule has 0 bridgehead atoms. The first-order valence-corrected chi connectivity index (χ1v) is 11.6. The van der Waals surface area contributed by atoms with E-state index < -0.39 is 0 Å². The Hall–Kier alpha value is -2.03. The van der Waals surface area contributed by atoms with E-state index in [1.54, 1.807) is 0 Å². The van der Waals surface area contributed by atoms with Gasteiger partial charge in [-0.05, 0) is 54.9 Å². The van der Waals surface area contributed by atoms with Crippen LogP contribution in [0.15, 0.2) is 18.2 Å². The van der Waals surface area contributed by atoms with Crippen molar-refractivity contribution in [3.63, 3.8) is 0 Å². The molecular formula is C22H31N5O2S. The highest BCUT2D eigenvalue weighted by atomic mass is 32.1. The van der Waals surface area contributed by atoms with E-state index in [4.69, 9.17) is 19.8 Å². The minimum absolute atomic E-state index is 0.192. The highest BCUT2D eigenvalue weighted by Crippen LogP contribution is 2.42. The molecule has 0 radical (unpaired) electrons. The molecular weight excluding hydrogens is 398 g/mol. The summed E-state index contributed by atoms with van der Waals surface area (Å²) in [7, 11) is 1.87. The normalized spacial score (nSPS) is 19.4. The lowest BCUT2D eigenvalue weighted by atomic mass is 9.97. The molecule has 0 aliphatic carbocycles. The maximum absolute atomic E-state index is 11.1. The van der Waals surface area contributed by atoms with Crippen molar-refractivity contribution in [2.45, 2.75) is 38.6 Å². The van der Waals surface area contributed by atoms with Crippen LogP contribution in [0.3, 0.4) is 0 Å². The molecule has 0 spiro atoms. The summed E-state index contributed by atoms with van der Waals surface area (Å²) < 4.78 is 10.3. The molecule has 1 unspecified atom stereocenters. The van der Waals surface area contributed by atoms with Crippen LogP contribution in [0.4, 0.5) is 5.69 Å². The number of hydrogen-bond acceptors (Lipinski definition) is 7. The van der Waals surface area contributed by atoms with E-state index in [0.717, 1.165) is 56.4 Å². The first-order valence-electron chi connectivity index (χ1n) is 10.8. The number of primary amides is 1. The van der Waals surface area contributed by atoms with Gasteiger partial charge >= 0.3 is 0 Å². The van der Waals surface area contributed by atoms with Crippen LogP contribution < -0.4 is 10.6 Å². The first kappa shape index (κ1) is 21.2. The van der Waals surface area contributed by atoms with Gasteiger partial charge in [0.15, 0.2) is 5.82 Å². The summed E-state index contributed by atoms with van der Waals surface area (Å²) >= 11 is 1.42. The zero-order valence-corrected chi connectivity index (χ0v) is 18.7. The van der Waals surface area contributed by atoms with Crippen molar-refractivity contribution in [1.82, 2.24) is 14.3 Å². The summed E-state index contributed by atoms with van der Waals surface area (Å²) in [5.41, 5.74) is 9.43. The molecule has 1 aromatic heterocycles. The van der Waals surface area contributed by atoms with Gasteiger partial charge in [-0.25, -0.2) is 4.98 Å². The van der Waals surface area contributed by atoms with Crippen molar-refractivity contribution in [2.75, 3.05) is 44.8 Å². The van der Waals surface area contributed by atoms with Crippen LogP contribution in [0.25, 0.3) is 0 Å². The van der Waals surface area contributed by atoms with Gasteiger partial charge in [-0.2, -0.15) is 4.37 Å². The molecule has 2 aromatic rings. The Morgan fingerprint density at radius 2 is 2.17 bits per heavy atom. The smallest absolute Gasteiger partial charge is 0.231 e. The number of ether oxygens (including phenoxy) is 1. The van der Waals surface area contributed by atoms with Gasteiger partial charge in [0.25, 0.3) is 0 Å². The summed E-state index contributed by atoms with van der Waals surface area (Å²) in [5.74, 6) is 1.43. The number of fused-ring (bicyclic) bond motifs is 1. The number of rotatable bonds is 8. The largest absolute Gasteiger partial charge is 0.381 e. The van der Waals surface area contributed by atoms with Gasteiger partial charge in [0.05, 0.1) is 19.0 Å². The van der Waals surface area contributed by atoms with Gasteiger partial charge in [0.2, 0.25) is 5.91 Å². The zero-order chi connectivity index (χ0) is 21.1. The molecule has 4 rings (SSSR count). The van der Waals surface area contributed by atoms with Crippen molar-refractivity contribution in [3.8, 4) is 0 Å². The summed E-state index contributed by atoms with van der Waals surface area (Å²) in [6.07, 6.45) is 3.29. The van der Waals surface area contributed by atoms with E-state index in [9.17, 15) is 4.79 Å². The van der Waals surface area contributed by atoms with Gasteiger partial charge in [-0.1, -0.05) is 25.1 Å². The maximum Gasteiger partial charge on any atom is 0.231 e. The highest BCUT2D eigenvalue weighted by molar-refractivity contribution is 7.05. The molecule has 30 heavy (non-hydrogen) atoms. The number of hydrogen-bond donors (Lipinski definition) is 1. The topological polar surface area (TPSA) is 84.6 Å². The molecule has 2 N–H and O–H groups in total. The molecule has 2 aliphatic heterocycles. The standard InChI is InChI=1S/C22H31N5O2S/c1-3-16-5-4-6-17-18(12-27(21(16)17)11-15-7-9-29-10-8-15)22-24-20(30-25-22)14-26(2)13-19(23)28/h4-6,15,18H,3,7-14H2,1-2H3,(H2,23,28). The second-order valence-corrected chi connectivity index (χ2v) is 9.24. The number of nitrogens with two attached hydrogens (primary N) is 1. The number of aryl methyl sites for hydroxylation is 1. The Balaban J connectivity index is 1.55. The maximum atomic E-state index is 11.1. The molecule has 2 aliphatic rings. The molecule has 1 atom stereocenters. The number of aromatic nitrogens is 2. The molecule has 1 saturated heterocycles. The van der Waals surface area contributed by atoms with Crippen LogP contribution in [0.2, 0.25) is 0 Å². The van der Waals surface area contributed by atoms with Gasteiger partial charge in [0.1, 0.15) is 5.01 Å². The van der Waals surface area contributed by atoms with Crippen LogP contribution in [-0.4, -0.2) is 60.1 Å². The van der Waals surface area contributed by atoms with Gasteiger partial charge in [-0.15, -0.1) is 0 Å². The molecule has 1 aromatic carbocycles. The summed E-state index contributed by atoms with van der Waals surface area (Å²) in [5, 5.41) is 0.921. The Labute approximate surface area is 182 Å². The SMILES string of the molecule is CCc1cccc2c1N(CC1CCOCC1)CC2c1nsc(CN(C)CC(N)=O)n1. The fourth-order valence-corrected chi connectivity index (χ4v) is 5.41. The van der Waals surface area contributed by atoms with E-state index in [-0.39, 0.29) is 18.4 Å². The molecule has 0 saturated carbocycles. The van der Waals surface area contributed by atoms with Crippen molar-refractivity contribution < 1.29 is 9.53 Å². The molecule has 162 valence electrons. The number of amides is 1. The number of carbonyl (C=O) groups is 1. The van der Waals surface area contributed by atoms with Gasteiger partial charge in [0, 0.05) is 32.0 Å². The minimum atomic E-state index is -0.331. The highest BCUT2D eigenvalue weighted by Gasteiger charge is 2.35. The lowest BCUT2D eigenvalue weighted by Gasteiger charge is -2.29. The average molecular weight is 430 g/mol. The van der Waals surface area contributed by atoms with Crippen LogP contribution in [-0.2, 0) is 22.5 Å². The summed E-state index contributed by atoms with van der Waals surface area (Å²) in [6.45, 7) is 6.78. The third kappa shape index (κ3) is 4.66. The monoisotopic (exact) mass is 429 g/mol. The molecule has 7 nitrogen and oxygen atoms in total. The Morgan fingerprint density at radius 3 is 2.90 bits per heavy atom. The fraction of sp³-hybridized carbons (Fsp3) is 0.591. The molecule has 1 amide bonds. The lowest BCUT2D eigenvalue weighted by Crippen LogP contribution is -2.32.